The van der Waals surface area contributed by atoms with Crippen LogP contribution < -0.4 is 0 Å². The fourth-order valence-electron chi connectivity index (χ4n) is 2.00. The molecule has 1 N–H and O–H groups in total. The van der Waals surface area contributed by atoms with Gasteiger partial charge in [0.05, 0.1) is 0 Å². The van der Waals surface area contributed by atoms with Crippen molar-refractivity contribution in [1.29, 1.82) is 0 Å². The molecular weight excluding hydrogens is 170 g/mol. The van der Waals surface area contributed by atoms with E-state index in [1.54, 1.807) is 0 Å². The van der Waals surface area contributed by atoms with Crippen LogP contribution in [-0.2, 0) is 12.8 Å². The average molecular weight is 187 g/mol. The number of aromatic amines is 1. The quantitative estimate of drug-likeness (QED) is 0.739. The zero-order chi connectivity index (χ0) is 10.1. The first kappa shape index (κ1) is 9.32. The van der Waals surface area contributed by atoms with Gasteiger partial charge in [-0.2, -0.15) is 0 Å². The van der Waals surface area contributed by atoms with Gasteiger partial charge in [0.1, 0.15) is 0 Å². The SMILES string of the molecule is CCc1ccc2[nH]c(CC)c(C)c2c1. The monoisotopic (exact) mass is 187 g/mol. The van der Waals surface area contributed by atoms with Gasteiger partial charge in [-0.3, -0.25) is 0 Å². The predicted octanol–water partition coefficient (Wildman–Crippen LogP) is 3.60. The molecule has 74 valence electrons. The smallest absolute Gasteiger partial charge is 0.0459 e. The molecular formula is C13H17N. The van der Waals surface area contributed by atoms with Gasteiger partial charge in [-0.1, -0.05) is 19.9 Å². The summed E-state index contributed by atoms with van der Waals surface area (Å²) in [5, 5.41) is 1.39. The van der Waals surface area contributed by atoms with Crippen molar-refractivity contribution in [3.05, 3.63) is 35.0 Å². The molecule has 1 aromatic heterocycles. The summed E-state index contributed by atoms with van der Waals surface area (Å²) in [6.45, 7) is 6.60. The molecule has 1 nitrogen and oxygen atoms in total. The molecule has 0 atom stereocenters. The molecule has 0 bridgehead atoms. The number of hydrogen-bond donors (Lipinski definition) is 1. The van der Waals surface area contributed by atoms with E-state index in [0.29, 0.717) is 0 Å². The number of aromatic nitrogens is 1. The molecule has 1 heterocycles. The molecule has 0 unspecified atom stereocenters. The second kappa shape index (κ2) is 3.49. The van der Waals surface area contributed by atoms with Crippen LogP contribution in [0.15, 0.2) is 18.2 Å². The van der Waals surface area contributed by atoms with E-state index in [4.69, 9.17) is 0 Å². The number of benzene rings is 1. The molecule has 0 amide bonds. The molecule has 0 aliphatic carbocycles. The van der Waals surface area contributed by atoms with Gasteiger partial charge in [-0.25, -0.2) is 0 Å². The third-order valence-electron chi connectivity index (χ3n) is 2.99. The molecule has 0 saturated carbocycles. The molecule has 2 rings (SSSR count). The minimum atomic E-state index is 1.09. The topological polar surface area (TPSA) is 15.8 Å². The largest absolute Gasteiger partial charge is 0.358 e. The van der Waals surface area contributed by atoms with Crippen LogP contribution in [0, 0.1) is 6.92 Å². The first-order valence-corrected chi connectivity index (χ1v) is 5.36. The lowest BCUT2D eigenvalue weighted by molar-refractivity contribution is 1.05. The zero-order valence-electron chi connectivity index (χ0n) is 9.15. The van der Waals surface area contributed by atoms with Crippen LogP contribution >= 0.6 is 0 Å². The Morgan fingerprint density at radius 2 is 1.93 bits per heavy atom. The van der Waals surface area contributed by atoms with Gasteiger partial charge in [0, 0.05) is 16.6 Å². The van der Waals surface area contributed by atoms with Crippen LogP contribution in [0.1, 0.15) is 30.7 Å². The summed E-state index contributed by atoms with van der Waals surface area (Å²) in [6.07, 6.45) is 2.20. The van der Waals surface area contributed by atoms with Crippen molar-refractivity contribution < 1.29 is 0 Å². The predicted molar refractivity (Wildman–Crippen MR) is 61.8 cm³/mol. The Balaban J connectivity index is 2.68. The fraction of sp³-hybridized carbons (Fsp3) is 0.385. The average Bonchev–Trinajstić information content (AvgIpc) is 2.55. The minimum absolute atomic E-state index is 1.09. The first-order valence-electron chi connectivity index (χ1n) is 5.36. The van der Waals surface area contributed by atoms with Gasteiger partial charge in [-0.05, 0) is 43.0 Å². The van der Waals surface area contributed by atoms with Gasteiger partial charge < -0.3 is 4.98 Å². The second-order valence-corrected chi connectivity index (χ2v) is 3.82. The molecule has 2 aromatic rings. The third kappa shape index (κ3) is 1.33. The Labute approximate surface area is 85.1 Å². The fourth-order valence-corrected chi connectivity index (χ4v) is 2.00. The van der Waals surface area contributed by atoms with Crippen molar-refractivity contribution in [1.82, 2.24) is 4.98 Å². The summed E-state index contributed by atoms with van der Waals surface area (Å²) in [4.78, 5) is 3.46. The van der Waals surface area contributed by atoms with Crippen LogP contribution in [-0.4, -0.2) is 4.98 Å². The van der Waals surface area contributed by atoms with Crippen molar-refractivity contribution in [2.24, 2.45) is 0 Å². The Bertz CT molecular complexity index is 451. The van der Waals surface area contributed by atoms with Crippen molar-refractivity contribution >= 4 is 10.9 Å². The molecule has 0 aliphatic heterocycles. The molecule has 1 heteroatoms. The number of rotatable bonds is 2. The standard InChI is InChI=1S/C13H17N/c1-4-10-6-7-13-11(8-10)9(3)12(5-2)14-13/h6-8,14H,4-5H2,1-3H3. The highest BCUT2D eigenvalue weighted by Crippen LogP contribution is 2.23. The van der Waals surface area contributed by atoms with Gasteiger partial charge in [0.15, 0.2) is 0 Å². The lowest BCUT2D eigenvalue weighted by Crippen LogP contribution is -1.81. The van der Waals surface area contributed by atoms with Crippen LogP contribution in [0.2, 0.25) is 0 Å². The summed E-state index contributed by atoms with van der Waals surface area (Å²) >= 11 is 0. The van der Waals surface area contributed by atoms with E-state index in [1.165, 1.54) is 27.7 Å². The molecule has 0 saturated heterocycles. The van der Waals surface area contributed by atoms with Crippen LogP contribution in [0.5, 0.6) is 0 Å². The van der Waals surface area contributed by atoms with Gasteiger partial charge >= 0.3 is 0 Å². The Morgan fingerprint density at radius 3 is 2.57 bits per heavy atom. The van der Waals surface area contributed by atoms with Crippen molar-refractivity contribution in [3.63, 3.8) is 0 Å². The molecule has 1 aromatic carbocycles. The number of hydrogen-bond acceptors (Lipinski definition) is 0. The highest BCUT2D eigenvalue weighted by Gasteiger charge is 2.05. The molecule has 0 spiro atoms. The van der Waals surface area contributed by atoms with E-state index in [-0.39, 0.29) is 0 Å². The van der Waals surface area contributed by atoms with Crippen LogP contribution in [0.3, 0.4) is 0 Å². The van der Waals surface area contributed by atoms with Crippen LogP contribution in [0.25, 0.3) is 10.9 Å². The summed E-state index contributed by atoms with van der Waals surface area (Å²) in [7, 11) is 0. The normalized spacial score (nSPS) is 11.1. The summed E-state index contributed by atoms with van der Waals surface area (Å²) in [5.41, 5.74) is 5.48. The maximum Gasteiger partial charge on any atom is 0.0459 e. The molecule has 0 radical (unpaired) electrons. The number of aryl methyl sites for hydroxylation is 3. The van der Waals surface area contributed by atoms with E-state index in [2.05, 4.69) is 44.0 Å². The summed E-state index contributed by atoms with van der Waals surface area (Å²) < 4.78 is 0. The van der Waals surface area contributed by atoms with E-state index in [9.17, 15) is 0 Å². The highest BCUT2D eigenvalue weighted by molar-refractivity contribution is 5.85. The van der Waals surface area contributed by atoms with Gasteiger partial charge in [0.2, 0.25) is 0 Å². The van der Waals surface area contributed by atoms with Crippen molar-refractivity contribution in [3.8, 4) is 0 Å². The maximum absolute atomic E-state index is 3.46. The molecule has 0 fully saturated rings. The zero-order valence-corrected chi connectivity index (χ0v) is 9.15. The molecule has 14 heavy (non-hydrogen) atoms. The first-order chi connectivity index (χ1) is 6.76. The Morgan fingerprint density at radius 1 is 1.14 bits per heavy atom. The van der Waals surface area contributed by atoms with Gasteiger partial charge in [-0.15, -0.1) is 0 Å². The molecule has 0 aliphatic rings. The third-order valence-corrected chi connectivity index (χ3v) is 2.99. The minimum Gasteiger partial charge on any atom is -0.358 e. The van der Waals surface area contributed by atoms with Crippen molar-refractivity contribution in [2.75, 3.05) is 0 Å². The Kier molecular flexibility index (Phi) is 2.32. The second-order valence-electron chi connectivity index (χ2n) is 3.82. The number of H-pyrrole nitrogens is 1. The maximum atomic E-state index is 3.46. The van der Waals surface area contributed by atoms with Gasteiger partial charge in [0.25, 0.3) is 0 Å². The highest BCUT2D eigenvalue weighted by atomic mass is 14.7. The Hall–Kier alpha value is -1.24. The number of fused-ring (bicyclic) bond motifs is 1. The van der Waals surface area contributed by atoms with E-state index >= 15 is 0 Å². The van der Waals surface area contributed by atoms with Crippen LogP contribution in [0.4, 0.5) is 0 Å². The van der Waals surface area contributed by atoms with Crippen molar-refractivity contribution in [2.45, 2.75) is 33.6 Å². The van der Waals surface area contributed by atoms with E-state index in [0.717, 1.165) is 12.8 Å². The van der Waals surface area contributed by atoms with E-state index in [1.807, 2.05) is 0 Å². The lowest BCUT2D eigenvalue weighted by Gasteiger charge is -1.97. The lowest BCUT2D eigenvalue weighted by atomic mass is 10.1. The van der Waals surface area contributed by atoms with E-state index < -0.39 is 0 Å². The number of nitrogens with one attached hydrogen (secondary N) is 1. The summed E-state index contributed by atoms with van der Waals surface area (Å²) in [6, 6.07) is 6.71. The summed E-state index contributed by atoms with van der Waals surface area (Å²) in [5.74, 6) is 0.